The first-order valence-corrected chi connectivity index (χ1v) is 9.61. The third kappa shape index (κ3) is 4.88. The number of rotatable bonds is 4. The number of pyridine rings is 1. The normalized spacial score (nSPS) is 16.8. The highest BCUT2D eigenvalue weighted by molar-refractivity contribution is 5.75. The summed E-state index contributed by atoms with van der Waals surface area (Å²) in [5.74, 6) is 1.38. The average Bonchev–Trinajstić information content (AvgIpc) is 3.48. The Labute approximate surface area is 160 Å². The van der Waals surface area contributed by atoms with E-state index in [9.17, 15) is 4.79 Å². The Morgan fingerprint density at radius 2 is 2.04 bits per heavy atom. The smallest absolute Gasteiger partial charge is 0.317 e. The number of nitrogens with one attached hydrogen (secondary N) is 1. The van der Waals surface area contributed by atoms with E-state index in [0.717, 1.165) is 55.6 Å². The molecule has 2 fully saturated rings. The molecule has 0 bridgehead atoms. The van der Waals surface area contributed by atoms with Gasteiger partial charge in [0.2, 0.25) is 5.88 Å². The molecular formula is C22H25N3O2. The number of hydrogen-bond acceptors (Lipinski definition) is 3. The van der Waals surface area contributed by atoms with Crippen LogP contribution in [0.3, 0.4) is 0 Å². The van der Waals surface area contributed by atoms with E-state index in [4.69, 9.17) is 4.74 Å². The van der Waals surface area contributed by atoms with Gasteiger partial charge in [-0.2, -0.15) is 0 Å². The predicted molar refractivity (Wildman–Crippen MR) is 106 cm³/mol. The molecule has 2 heterocycles. The van der Waals surface area contributed by atoms with Crippen molar-refractivity contribution >= 4 is 12.1 Å². The number of benzene rings is 1. The molecule has 1 aliphatic heterocycles. The summed E-state index contributed by atoms with van der Waals surface area (Å²) in [6.07, 6.45) is 8.10. The largest absolute Gasteiger partial charge is 0.439 e. The quantitative estimate of drug-likeness (QED) is 0.868. The average molecular weight is 363 g/mol. The molecule has 1 saturated heterocycles. The number of aromatic nitrogens is 1. The minimum absolute atomic E-state index is 0.0949. The zero-order valence-corrected chi connectivity index (χ0v) is 15.6. The van der Waals surface area contributed by atoms with E-state index in [2.05, 4.69) is 22.4 Å². The number of ether oxygens (including phenoxy) is 1. The van der Waals surface area contributed by atoms with Gasteiger partial charge in [-0.3, -0.25) is 0 Å². The van der Waals surface area contributed by atoms with E-state index in [-0.39, 0.29) is 6.03 Å². The summed E-state index contributed by atoms with van der Waals surface area (Å²) < 4.78 is 5.85. The van der Waals surface area contributed by atoms with E-state index in [1.807, 2.05) is 42.2 Å². The molecular weight excluding hydrogens is 338 g/mol. The van der Waals surface area contributed by atoms with E-state index in [1.54, 1.807) is 6.20 Å². The second kappa shape index (κ2) is 7.82. The number of urea groups is 1. The molecule has 1 aromatic carbocycles. The van der Waals surface area contributed by atoms with Crippen LogP contribution < -0.4 is 10.1 Å². The van der Waals surface area contributed by atoms with Crippen LogP contribution in [0.2, 0.25) is 0 Å². The van der Waals surface area contributed by atoms with Crippen LogP contribution in [-0.4, -0.2) is 35.0 Å². The molecule has 4 rings (SSSR count). The SMILES string of the molecule is Cc1ccc(Oc2cccc(C=C3CCN(C(=O)NC4CC4)CC3)c2)nc1. The fourth-order valence-corrected chi connectivity index (χ4v) is 3.17. The second-order valence-corrected chi connectivity index (χ2v) is 7.36. The maximum absolute atomic E-state index is 12.1. The van der Waals surface area contributed by atoms with Gasteiger partial charge in [0.25, 0.3) is 0 Å². The lowest BCUT2D eigenvalue weighted by molar-refractivity contribution is 0.193. The molecule has 2 amide bonds. The summed E-state index contributed by atoms with van der Waals surface area (Å²) in [4.78, 5) is 18.3. The van der Waals surface area contributed by atoms with Gasteiger partial charge in [-0.25, -0.2) is 9.78 Å². The summed E-state index contributed by atoms with van der Waals surface area (Å²) in [5.41, 5.74) is 3.60. The summed E-state index contributed by atoms with van der Waals surface area (Å²) in [5, 5.41) is 3.07. The number of likely N-dealkylation sites (tertiary alicyclic amines) is 1. The zero-order chi connectivity index (χ0) is 18.6. The molecule has 1 aromatic heterocycles. The van der Waals surface area contributed by atoms with Crippen molar-refractivity contribution in [2.75, 3.05) is 13.1 Å². The van der Waals surface area contributed by atoms with Crippen molar-refractivity contribution in [1.29, 1.82) is 0 Å². The van der Waals surface area contributed by atoms with Gasteiger partial charge in [0.15, 0.2) is 0 Å². The highest BCUT2D eigenvalue weighted by atomic mass is 16.5. The second-order valence-electron chi connectivity index (χ2n) is 7.36. The molecule has 0 unspecified atom stereocenters. The van der Waals surface area contributed by atoms with Crippen molar-refractivity contribution in [2.45, 2.75) is 38.6 Å². The van der Waals surface area contributed by atoms with Crippen LogP contribution in [0.4, 0.5) is 4.79 Å². The Kier molecular flexibility index (Phi) is 5.10. The summed E-state index contributed by atoms with van der Waals surface area (Å²) in [6.45, 7) is 3.58. The number of hydrogen-bond donors (Lipinski definition) is 1. The van der Waals surface area contributed by atoms with Gasteiger partial charge in [0.05, 0.1) is 0 Å². The fourth-order valence-electron chi connectivity index (χ4n) is 3.17. The van der Waals surface area contributed by atoms with Gasteiger partial charge in [-0.1, -0.05) is 29.8 Å². The summed E-state index contributed by atoms with van der Waals surface area (Å²) in [6, 6.07) is 12.4. The molecule has 2 aliphatic rings. The van der Waals surface area contributed by atoms with E-state index < -0.39 is 0 Å². The standard InChI is InChI=1S/C22H25N3O2/c1-16-5-8-21(23-15-16)27-20-4-2-3-18(14-20)13-17-9-11-25(12-10-17)22(26)24-19-6-7-19/h2-5,8,13-15,19H,6-7,9-12H2,1H3,(H,24,26). The Bertz CT molecular complexity index is 831. The predicted octanol–water partition coefficient (Wildman–Crippen LogP) is 4.53. The Morgan fingerprint density at radius 3 is 2.74 bits per heavy atom. The van der Waals surface area contributed by atoms with E-state index >= 15 is 0 Å². The third-order valence-corrected chi connectivity index (χ3v) is 4.93. The van der Waals surface area contributed by atoms with Crippen LogP contribution >= 0.6 is 0 Å². The first-order chi connectivity index (χ1) is 13.2. The first-order valence-electron chi connectivity index (χ1n) is 9.61. The first kappa shape index (κ1) is 17.6. The monoisotopic (exact) mass is 363 g/mol. The molecule has 2 aromatic rings. The van der Waals surface area contributed by atoms with Crippen LogP contribution in [0, 0.1) is 6.92 Å². The minimum Gasteiger partial charge on any atom is -0.439 e. The molecule has 0 radical (unpaired) electrons. The zero-order valence-electron chi connectivity index (χ0n) is 15.6. The molecule has 5 heteroatoms. The Hall–Kier alpha value is -2.82. The van der Waals surface area contributed by atoms with Gasteiger partial charge in [0, 0.05) is 31.4 Å². The number of aryl methyl sites for hydroxylation is 1. The van der Waals surface area contributed by atoms with Crippen LogP contribution in [0.5, 0.6) is 11.6 Å². The highest BCUT2D eigenvalue weighted by Gasteiger charge is 2.27. The lowest BCUT2D eigenvalue weighted by Crippen LogP contribution is -2.43. The van der Waals surface area contributed by atoms with E-state index in [0.29, 0.717) is 11.9 Å². The fraction of sp³-hybridized carbons (Fsp3) is 0.364. The van der Waals surface area contributed by atoms with Crippen molar-refractivity contribution in [3.8, 4) is 11.6 Å². The lowest BCUT2D eigenvalue weighted by atomic mass is 10.0. The molecule has 0 atom stereocenters. The lowest BCUT2D eigenvalue weighted by Gasteiger charge is -2.28. The molecule has 140 valence electrons. The van der Waals surface area contributed by atoms with Crippen molar-refractivity contribution in [1.82, 2.24) is 15.2 Å². The number of nitrogens with zero attached hydrogens (tertiary/aromatic N) is 2. The molecule has 1 N–H and O–H groups in total. The van der Waals surface area contributed by atoms with Gasteiger partial charge < -0.3 is 15.0 Å². The number of amides is 2. The molecule has 1 saturated carbocycles. The van der Waals surface area contributed by atoms with Gasteiger partial charge in [-0.05, 0) is 55.9 Å². The highest BCUT2D eigenvalue weighted by Crippen LogP contribution is 2.25. The van der Waals surface area contributed by atoms with Crippen molar-refractivity contribution in [3.05, 3.63) is 59.3 Å². The van der Waals surface area contributed by atoms with Gasteiger partial charge in [0.1, 0.15) is 5.75 Å². The molecule has 5 nitrogen and oxygen atoms in total. The molecule has 27 heavy (non-hydrogen) atoms. The molecule has 0 spiro atoms. The number of carbonyl (C=O) groups excluding carboxylic acids is 1. The van der Waals surface area contributed by atoms with E-state index in [1.165, 1.54) is 5.57 Å². The summed E-state index contributed by atoms with van der Waals surface area (Å²) >= 11 is 0. The minimum atomic E-state index is 0.0949. The summed E-state index contributed by atoms with van der Waals surface area (Å²) in [7, 11) is 0. The van der Waals surface area contributed by atoms with Crippen molar-refractivity contribution in [3.63, 3.8) is 0 Å². The van der Waals surface area contributed by atoms with Crippen LogP contribution in [0.1, 0.15) is 36.8 Å². The van der Waals surface area contributed by atoms with Crippen molar-refractivity contribution in [2.24, 2.45) is 0 Å². The van der Waals surface area contributed by atoms with Crippen LogP contribution in [-0.2, 0) is 0 Å². The number of piperidine rings is 1. The molecule has 1 aliphatic carbocycles. The van der Waals surface area contributed by atoms with Gasteiger partial charge in [-0.15, -0.1) is 0 Å². The Morgan fingerprint density at radius 1 is 1.22 bits per heavy atom. The van der Waals surface area contributed by atoms with Crippen LogP contribution in [0.15, 0.2) is 48.2 Å². The number of carbonyl (C=O) groups is 1. The Balaban J connectivity index is 1.36. The van der Waals surface area contributed by atoms with Crippen molar-refractivity contribution < 1.29 is 9.53 Å². The maximum Gasteiger partial charge on any atom is 0.317 e. The third-order valence-electron chi connectivity index (χ3n) is 4.93. The maximum atomic E-state index is 12.1. The van der Waals surface area contributed by atoms with Crippen LogP contribution in [0.25, 0.3) is 6.08 Å². The van der Waals surface area contributed by atoms with Gasteiger partial charge >= 0.3 is 6.03 Å². The topological polar surface area (TPSA) is 54.5 Å².